The van der Waals surface area contributed by atoms with Crippen LogP contribution in [0.2, 0.25) is 0 Å². The van der Waals surface area contributed by atoms with E-state index < -0.39 is 0 Å². The highest BCUT2D eigenvalue weighted by Crippen LogP contribution is 2.22. The van der Waals surface area contributed by atoms with Gasteiger partial charge in [0, 0.05) is 42.2 Å². The molecule has 3 nitrogen and oxygen atoms in total. The summed E-state index contributed by atoms with van der Waals surface area (Å²) in [7, 11) is 0. The third-order valence-electron chi connectivity index (χ3n) is 3.25. The number of nitrogens with one attached hydrogen (secondary N) is 1. The van der Waals surface area contributed by atoms with Gasteiger partial charge in [0.25, 0.3) is 0 Å². The van der Waals surface area contributed by atoms with Crippen molar-refractivity contribution in [3.63, 3.8) is 0 Å². The van der Waals surface area contributed by atoms with Crippen molar-refractivity contribution in [3.8, 4) is 0 Å². The average molecular weight is 273 g/mol. The molecule has 1 aliphatic carbocycles. The van der Waals surface area contributed by atoms with E-state index in [0.717, 1.165) is 24.9 Å². The van der Waals surface area contributed by atoms with Gasteiger partial charge in [0.05, 0.1) is 6.33 Å². The van der Waals surface area contributed by atoms with Crippen molar-refractivity contribution in [1.82, 2.24) is 14.9 Å². The largest absolute Gasteiger partial charge is 0.337 e. The topological polar surface area (TPSA) is 29.9 Å². The molecule has 0 saturated heterocycles. The lowest BCUT2D eigenvalue weighted by molar-refractivity contribution is 0.687. The van der Waals surface area contributed by atoms with E-state index in [1.165, 1.54) is 23.3 Å². The normalized spacial score (nSPS) is 14.7. The average Bonchev–Trinajstić information content (AvgIpc) is 3.13. The van der Waals surface area contributed by atoms with E-state index in [1.807, 2.05) is 30.5 Å². The summed E-state index contributed by atoms with van der Waals surface area (Å²) < 4.78 is 2.12. The molecule has 1 aromatic carbocycles. The molecular formula is C15H19N3S. The van der Waals surface area contributed by atoms with Crippen LogP contribution in [0.5, 0.6) is 0 Å². The Labute approximate surface area is 118 Å². The predicted molar refractivity (Wildman–Crippen MR) is 79.3 cm³/mol. The molecule has 0 amide bonds. The van der Waals surface area contributed by atoms with Crippen molar-refractivity contribution in [2.24, 2.45) is 0 Å². The van der Waals surface area contributed by atoms with Crippen molar-refractivity contribution in [2.75, 3.05) is 5.75 Å². The Hall–Kier alpha value is -1.26. The minimum absolute atomic E-state index is 0.776. The molecule has 2 aromatic rings. The standard InChI is InChI=1S/C15H19N3S/c1-2-13(11-17-14-4-5-14)10-15(3-1)19-9-8-18-7-6-16-12-18/h1-3,6-7,10,12,14,17H,4-5,8-9,11H2. The van der Waals surface area contributed by atoms with Gasteiger partial charge in [-0.25, -0.2) is 4.98 Å². The van der Waals surface area contributed by atoms with Gasteiger partial charge in [-0.3, -0.25) is 0 Å². The van der Waals surface area contributed by atoms with Crippen LogP contribution in [0.4, 0.5) is 0 Å². The zero-order valence-corrected chi connectivity index (χ0v) is 11.8. The molecule has 1 N–H and O–H groups in total. The number of thioether (sulfide) groups is 1. The minimum atomic E-state index is 0.776. The lowest BCUT2D eigenvalue weighted by Gasteiger charge is -2.06. The SMILES string of the molecule is c1cc(CNC2CC2)cc(SCCn2ccnc2)c1. The smallest absolute Gasteiger partial charge is 0.0946 e. The fraction of sp³-hybridized carbons (Fsp3) is 0.400. The van der Waals surface area contributed by atoms with Gasteiger partial charge in [-0.2, -0.15) is 0 Å². The summed E-state index contributed by atoms with van der Waals surface area (Å²) in [6.45, 7) is 2.01. The maximum Gasteiger partial charge on any atom is 0.0946 e. The summed E-state index contributed by atoms with van der Waals surface area (Å²) in [6.07, 6.45) is 8.40. The number of imidazole rings is 1. The fourth-order valence-electron chi connectivity index (χ4n) is 1.98. The first kappa shape index (κ1) is 12.8. The molecule has 0 aliphatic heterocycles. The van der Waals surface area contributed by atoms with Gasteiger partial charge in [-0.1, -0.05) is 12.1 Å². The van der Waals surface area contributed by atoms with Crippen molar-refractivity contribution >= 4 is 11.8 Å². The summed E-state index contributed by atoms with van der Waals surface area (Å²) >= 11 is 1.91. The Morgan fingerprint density at radius 2 is 2.32 bits per heavy atom. The van der Waals surface area contributed by atoms with E-state index in [-0.39, 0.29) is 0 Å². The third-order valence-corrected chi connectivity index (χ3v) is 4.22. The molecule has 1 fully saturated rings. The second-order valence-electron chi connectivity index (χ2n) is 4.95. The molecule has 0 spiro atoms. The molecule has 4 heteroatoms. The van der Waals surface area contributed by atoms with Gasteiger partial charge in [0.1, 0.15) is 0 Å². The number of hydrogen-bond donors (Lipinski definition) is 1. The number of benzene rings is 1. The minimum Gasteiger partial charge on any atom is -0.337 e. The summed E-state index contributed by atoms with van der Waals surface area (Å²) in [5, 5.41) is 3.56. The number of rotatable bonds is 7. The van der Waals surface area contributed by atoms with Crippen molar-refractivity contribution in [2.45, 2.75) is 36.9 Å². The molecule has 1 aromatic heterocycles. The first-order valence-corrected chi connectivity index (χ1v) is 7.79. The van der Waals surface area contributed by atoms with Crippen LogP contribution >= 0.6 is 11.8 Å². The maximum absolute atomic E-state index is 4.05. The Morgan fingerprint density at radius 3 is 3.11 bits per heavy atom. The fourth-order valence-corrected chi connectivity index (χ4v) is 2.93. The van der Waals surface area contributed by atoms with Crippen LogP contribution in [0, 0.1) is 0 Å². The Morgan fingerprint density at radius 1 is 1.37 bits per heavy atom. The zero-order valence-electron chi connectivity index (χ0n) is 11.0. The quantitative estimate of drug-likeness (QED) is 0.787. The summed E-state index contributed by atoms with van der Waals surface area (Å²) in [4.78, 5) is 5.41. The Bertz CT molecular complexity index is 506. The van der Waals surface area contributed by atoms with Crippen LogP contribution in [-0.4, -0.2) is 21.3 Å². The highest BCUT2D eigenvalue weighted by molar-refractivity contribution is 7.99. The van der Waals surface area contributed by atoms with Crippen molar-refractivity contribution < 1.29 is 0 Å². The van der Waals surface area contributed by atoms with E-state index in [2.05, 4.69) is 39.1 Å². The molecule has 0 radical (unpaired) electrons. The highest BCUT2D eigenvalue weighted by Gasteiger charge is 2.19. The number of nitrogens with zero attached hydrogens (tertiary/aromatic N) is 2. The molecule has 100 valence electrons. The first-order valence-electron chi connectivity index (χ1n) is 6.81. The monoisotopic (exact) mass is 273 g/mol. The number of aryl methyl sites for hydroxylation is 1. The van der Waals surface area contributed by atoms with Crippen LogP contribution < -0.4 is 5.32 Å². The van der Waals surface area contributed by atoms with Gasteiger partial charge in [-0.05, 0) is 30.5 Å². The zero-order chi connectivity index (χ0) is 12.9. The highest BCUT2D eigenvalue weighted by atomic mass is 32.2. The molecular weight excluding hydrogens is 254 g/mol. The summed E-state index contributed by atoms with van der Waals surface area (Å²) in [5.74, 6) is 1.08. The molecule has 1 heterocycles. The Balaban J connectivity index is 1.47. The molecule has 0 unspecified atom stereocenters. The number of aromatic nitrogens is 2. The van der Waals surface area contributed by atoms with E-state index >= 15 is 0 Å². The van der Waals surface area contributed by atoms with E-state index in [1.54, 1.807) is 0 Å². The molecule has 0 bridgehead atoms. The van der Waals surface area contributed by atoms with Crippen molar-refractivity contribution in [1.29, 1.82) is 0 Å². The van der Waals surface area contributed by atoms with E-state index in [4.69, 9.17) is 0 Å². The Kier molecular flexibility index (Phi) is 4.20. The molecule has 3 rings (SSSR count). The second kappa shape index (κ2) is 6.26. The van der Waals surface area contributed by atoms with E-state index in [9.17, 15) is 0 Å². The van der Waals surface area contributed by atoms with Gasteiger partial charge < -0.3 is 9.88 Å². The third kappa shape index (κ3) is 4.11. The molecule has 1 saturated carbocycles. The van der Waals surface area contributed by atoms with Gasteiger partial charge in [-0.15, -0.1) is 11.8 Å². The first-order chi connectivity index (χ1) is 9.40. The second-order valence-corrected chi connectivity index (χ2v) is 6.12. The van der Waals surface area contributed by atoms with Crippen LogP contribution in [0.15, 0.2) is 47.9 Å². The van der Waals surface area contributed by atoms with Crippen LogP contribution in [0.1, 0.15) is 18.4 Å². The molecule has 1 aliphatic rings. The van der Waals surface area contributed by atoms with Crippen molar-refractivity contribution in [3.05, 3.63) is 48.5 Å². The summed E-state index contributed by atoms with van der Waals surface area (Å²) in [5.41, 5.74) is 1.39. The van der Waals surface area contributed by atoms with E-state index in [0.29, 0.717) is 0 Å². The maximum atomic E-state index is 4.05. The van der Waals surface area contributed by atoms with Crippen LogP contribution in [0.3, 0.4) is 0 Å². The van der Waals surface area contributed by atoms with Crippen LogP contribution in [-0.2, 0) is 13.1 Å². The number of hydrogen-bond acceptors (Lipinski definition) is 3. The molecule has 0 atom stereocenters. The van der Waals surface area contributed by atoms with Gasteiger partial charge in [0.2, 0.25) is 0 Å². The predicted octanol–water partition coefficient (Wildman–Crippen LogP) is 2.93. The molecule has 19 heavy (non-hydrogen) atoms. The summed E-state index contributed by atoms with van der Waals surface area (Å²) in [6, 6.07) is 9.63. The van der Waals surface area contributed by atoms with Gasteiger partial charge in [0.15, 0.2) is 0 Å². The lowest BCUT2D eigenvalue weighted by atomic mass is 10.2. The van der Waals surface area contributed by atoms with Gasteiger partial charge >= 0.3 is 0 Å². The van der Waals surface area contributed by atoms with Crippen LogP contribution in [0.25, 0.3) is 0 Å². The lowest BCUT2D eigenvalue weighted by Crippen LogP contribution is -2.15.